The second kappa shape index (κ2) is 8.29. The molecule has 0 aliphatic rings. The van der Waals surface area contributed by atoms with E-state index in [0.29, 0.717) is 17.3 Å². The molecule has 0 aliphatic heterocycles. The largest absolute Gasteiger partial charge is 0.497 e. The SMILES string of the molecule is COc1cccc(Cn2nc(C)c(NC(=O)C(C)n3nc(C)c(Cl)c3C)c2C)c1. The van der Waals surface area contributed by atoms with Crippen LogP contribution in [0.25, 0.3) is 0 Å². The van der Waals surface area contributed by atoms with Gasteiger partial charge in [-0.05, 0) is 52.3 Å². The Bertz CT molecular complexity index is 1050. The maximum atomic E-state index is 12.9. The molecule has 1 amide bonds. The molecule has 7 nitrogen and oxygen atoms in total. The summed E-state index contributed by atoms with van der Waals surface area (Å²) in [4.78, 5) is 12.9. The first-order valence-electron chi connectivity index (χ1n) is 9.42. The number of hydrogen-bond donors (Lipinski definition) is 1. The van der Waals surface area contributed by atoms with E-state index in [1.54, 1.807) is 18.7 Å². The standard InChI is InChI=1S/C21H26ClN5O2/c1-12-19(22)14(3)27(25-12)16(5)21(28)23-20-13(2)24-26(15(20)4)11-17-8-7-9-18(10-17)29-6/h7-10,16H,11H2,1-6H3,(H,23,28). The van der Waals surface area contributed by atoms with E-state index in [-0.39, 0.29) is 5.91 Å². The molecule has 29 heavy (non-hydrogen) atoms. The number of benzene rings is 1. The highest BCUT2D eigenvalue weighted by Crippen LogP contribution is 2.25. The van der Waals surface area contributed by atoms with Crippen LogP contribution in [0.3, 0.4) is 0 Å². The van der Waals surface area contributed by atoms with Gasteiger partial charge in [-0.2, -0.15) is 10.2 Å². The van der Waals surface area contributed by atoms with Gasteiger partial charge in [0.05, 0.1) is 47.1 Å². The molecule has 0 fully saturated rings. The van der Waals surface area contributed by atoms with E-state index in [9.17, 15) is 4.79 Å². The minimum absolute atomic E-state index is 0.167. The Labute approximate surface area is 175 Å². The highest BCUT2D eigenvalue weighted by Gasteiger charge is 2.23. The van der Waals surface area contributed by atoms with Crippen molar-refractivity contribution in [1.29, 1.82) is 0 Å². The van der Waals surface area contributed by atoms with Gasteiger partial charge in [-0.1, -0.05) is 23.7 Å². The monoisotopic (exact) mass is 415 g/mol. The number of methoxy groups -OCH3 is 1. The molecule has 0 saturated heterocycles. The molecule has 2 heterocycles. The van der Waals surface area contributed by atoms with Crippen LogP contribution in [0.15, 0.2) is 24.3 Å². The zero-order chi connectivity index (χ0) is 21.3. The third-order valence-electron chi connectivity index (χ3n) is 5.08. The summed E-state index contributed by atoms with van der Waals surface area (Å²) in [6.45, 7) is 9.90. The second-order valence-electron chi connectivity index (χ2n) is 7.15. The fourth-order valence-corrected chi connectivity index (χ4v) is 3.46. The molecule has 1 aromatic carbocycles. The average Bonchev–Trinajstić information content (AvgIpc) is 3.11. The summed E-state index contributed by atoms with van der Waals surface area (Å²) in [5.41, 5.74) is 4.92. The van der Waals surface area contributed by atoms with Gasteiger partial charge in [0, 0.05) is 0 Å². The Hall–Kier alpha value is -2.80. The number of nitrogens with one attached hydrogen (secondary N) is 1. The lowest BCUT2D eigenvalue weighted by atomic mass is 10.2. The zero-order valence-electron chi connectivity index (χ0n) is 17.6. The van der Waals surface area contributed by atoms with Crippen molar-refractivity contribution in [3.05, 3.63) is 57.6 Å². The predicted octanol–water partition coefficient (Wildman–Crippen LogP) is 4.22. The number of carbonyl (C=O) groups is 1. The van der Waals surface area contributed by atoms with Gasteiger partial charge in [-0.25, -0.2) is 0 Å². The van der Waals surface area contributed by atoms with E-state index >= 15 is 0 Å². The number of anilines is 1. The van der Waals surface area contributed by atoms with E-state index in [4.69, 9.17) is 16.3 Å². The summed E-state index contributed by atoms with van der Waals surface area (Å²) in [6.07, 6.45) is 0. The molecule has 3 aromatic rings. The van der Waals surface area contributed by atoms with Crippen LogP contribution in [-0.2, 0) is 11.3 Å². The summed E-state index contributed by atoms with van der Waals surface area (Å²) in [7, 11) is 1.65. The van der Waals surface area contributed by atoms with Crippen LogP contribution in [0.4, 0.5) is 5.69 Å². The van der Waals surface area contributed by atoms with Crippen LogP contribution in [-0.4, -0.2) is 32.6 Å². The smallest absolute Gasteiger partial charge is 0.249 e. The lowest BCUT2D eigenvalue weighted by Crippen LogP contribution is -2.25. The fourth-order valence-electron chi connectivity index (χ4n) is 3.33. The molecule has 1 N–H and O–H groups in total. The van der Waals surface area contributed by atoms with Crippen molar-refractivity contribution in [2.75, 3.05) is 12.4 Å². The van der Waals surface area contributed by atoms with Gasteiger partial charge in [0.25, 0.3) is 0 Å². The molecule has 8 heteroatoms. The first-order chi connectivity index (χ1) is 13.7. The van der Waals surface area contributed by atoms with Crippen molar-refractivity contribution in [1.82, 2.24) is 19.6 Å². The van der Waals surface area contributed by atoms with Crippen molar-refractivity contribution in [3.63, 3.8) is 0 Å². The lowest BCUT2D eigenvalue weighted by molar-refractivity contribution is -0.119. The number of ether oxygens (including phenoxy) is 1. The minimum Gasteiger partial charge on any atom is -0.497 e. The minimum atomic E-state index is -0.498. The molecule has 3 rings (SSSR count). The number of hydrogen-bond acceptors (Lipinski definition) is 4. The van der Waals surface area contributed by atoms with Gasteiger partial charge >= 0.3 is 0 Å². The maximum Gasteiger partial charge on any atom is 0.249 e. The van der Waals surface area contributed by atoms with Crippen molar-refractivity contribution in [2.45, 2.75) is 47.2 Å². The normalized spacial score (nSPS) is 12.1. The quantitative estimate of drug-likeness (QED) is 0.654. The van der Waals surface area contributed by atoms with Crippen LogP contribution in [0.1, 0.15) is 41.3 Å². The van der Waals surface area contributed by atoms with Crippen LogP contribution < -0.4 is 10.1 Å². The summed E-state index contributed by atoms with van der Waals surface area (Å²) in [5.74, 6) is 0.634. The highest BCUT2D eigenvalue weighted by atomic mass is 35.5. The fraction of sp³-hybridized carbons (Fsp3) is 0.381. The molecular formula is C21H26ClN5O2. The molecule has 2 aromatic heterocycles. The van der Waals surface area contributed by atoms with Gasteiger partial charge in [-0.3, -0.25) is 14.2 Å². The molecule has 0 radical (unpaired) electrons. The van der Waals surface area contributed by atoms with E-state index in [0.717, 1.165) is 34.1 Å². The third-order valence-corrected chi connectivity index (χ3v) is 5.63. The van der Waals surface area contributed by atoms with Crippen LogP contribution in [0.5, 0.6) is 5.75 Å². The molecule has 0 bridgehead atoms. The Morgan fingerprint density at radius 2 is 1.90 bits per heavy atom. The maximum absolute atomic E-state index is 12.9. The molecule has 0 spiro atoms. The van der Waals surface area contributed by atoms with Crippen molar-refractivity contribution in [2.24, 2.45) is 0 Å². The van der Waals surface area contributed by atoms with Gasteiger partial charge in [0.2, 0.25) is 5.91 Å². The predicted molar refractivity (Wildman–Crippen MR) is 114 cm³/mol. The third kappa shape index (κ3) is 4.15. The van der Waals surface area contributed by atoms with Gasteiger partial charge in [0.15, 0.2) is 0 Å². The summed E-state index contributed by atoms with van der Waals surface area (Å²) in [6, 6.07) is 7.35. The highest BCUT2D eigenvalue weighted by molar-refractivity contribution is 6.31. The Morgan fingerprint density at radius 1 is 1.17 bits per heavy atom. The van der Waals surface area contributed by atoms with E-state index in [1.165, 1.54) is 0 Å². The van der Waals surface area contributed by atoms with E-state index < -0.39 is 6.04 Å². The van der Waals surface area contributed by atoms with Crippen molar-refractivity contribution < 1.29 is 9.53 Å². The average molecular weight is 416 g/mol. The van der Waals surface area contributed by atoms with E-state index in [2.05, 4.69) is 15.5 Å². The number of nitrogens with zero attached hydrogens (tertiary/aromatic N) is 4. The Balaban J connectivity index is 1.80. The van der Waals surface area contributed by atoms with Crippen molar-refractivity contribution in [3.8, 4) is 5.75 Å². The van der Waals surface area contributed by atoms with Gasteiger partial charge in [-0.15, -0.1) is 0 Å². The van der Waals surface area contributed by atoms with E-state index in [1.807, 2.05) is 56.6 Å². The van der Waals surface area contributed by atoms with Gasteiger partial charge < -0.3 is 10.1 Å². The topological polar surface area (TPSA) is 74.0 Å². The molecule has 1 unspecified atom stereocenters. The second-order valence-corrected chi connectivity index (χ2v) is 7.53. The first kappa shape index (κ1) is 20.9. The van der Waals surface area contributed by atoms with Crippen LogP contribution in [0.2, 0.25) is 5.02 Å². The molecular weight excluding hydrogens is 390 g/mol. The summed E-state index contributed by atoms with van der Waals surface area (Å²) >= 11 is 6.22. The number of amides is 1. The number of carbonyl (C=O) groups excluding carboxylic acids is 1. The lowest BCUT2D eigenvalue weighted by Gasteiger charge is -2.15. The Kier molecular flexibility index (Phi) is 5.98. The molecule has 0 saturated carbocycles. The van der Waals surface area contributed by atoms with Crippen LogP contribution >= 0.6 is 11.6 Å². The number of aryl methyl sites for hydroxylation is 2. The first-order valence-corrected chi connectivity index (χ1v) is 9.79. The summed E-state index contributed by atoms with van der Waals surface area (Å²) in [5, 5.41) is 12.6. The number of rotatable bonds is 6. The van der Waals surface area contributed by atoms with Crippen LogP contribution in [0, 0.1) is 27.7 Å². The number of aromatic nitrogens is 4. The van der Waals surface area contributed by atoms with Gasteiger partial charge in [0.1, 0.15) is 11.8 Å². The molecule has 1 atom stereocenters. The molecule has 0 aliphatic carbocycles. The zero-order valence-corrected chi connectivity index (χ0v) is 18.3. The summed E-state index contributed by atoms with van der Waals surface area (Å²) < 4.78 is 8.82. The molecule has 154 valence electrons. The van der Waals surface area contributed by atoms with Crippen molar-refractivity contribution >= 4 is 23.2 Å². The number of halogens is 1. The Morgan fingerprint density at radius 3 is 2.52 bits per heavy atom.